The Morgan fingerprint density at radius 1 is 1.50 bits per heavy atom. The highest BCUT2D eigenvalue weighted by molar-refractivity contribution is 6.30. The number of aliphatic hydroxyl groups is 1. The molecule has 0 bridgehead atoms. The van der Waals surface area contributed by atoms with Crippen LogP contribution in [0.1, 0.15) is 30.9 Å². The smallest absolute Gasteiger partial charge is 0.126 e. The van der Waals surface area contributed by atoms with Crippen molar-refractivity contribution in [1.82, 2.24) is 0 Å². The van der Waals surface area contributed by atoms with E-state index in [4.69, 9.17) is 16.3 Å². The van der Waals surface area contributed by atoms with Crippen molar-refractivity contribution in [1.29, 1.82) is 0 Å². The van der Waals surface area contributed by atoms with E-state index in [1.165, 1.54) is 5.56 Å². The van der Waals surface area contributed by atoms with Crippen LogP contribution in [0.2, 0.25) is 5.02 Å². The van der Waals surface area contributed by atoms with Crippen molar-refractivity contribution in [3.05, 3.63) is 28.3 Å². The van der Waals surface area contributed by atoms with Gasteiger partial charge in [-0.3, -0.25) is 0 Å². The lowest BCUT2D eigenvalue weighted by atomic mass is 10.0. The van der Waals surface area contributed by atoms with E-state index in [1.54, 1.807) is 0 Å². The molecule has 1 aromatic carbocycles. The standard InChI is InChI=1S/C13H17ClO2/c1-2-3-12(15)8-10-7-11(14)6-9-4-5-16-13(9)10/h6-7,12,15H,2-5,8H2,1H3. The molecule has 2 nitrogen and oxygen atoms in total. The second-order valence-electron chi connectivity index (χ2n) is 4.30. The highest BCUT2D eigenvalue weighted by Crippen LogP contribution is 2.33. The molecular formula is C13H17ClO2. The topological polar surface area (TPSA) is 29.5 Å². The van der Waals surface area contributed by atoms with E-state index < -0.39 is 0 Å². The molecule has 0 saturated carbocycles. The third kappa shape index (κ3) is 2.50. The van der Waals surface area contributed by atoms with E-state index in [1.807, 2.05) is 12.1 Å². The Kier molecular flexibility index (Phi) is 3.72. The van der Waals surface area contributed by atoms with Gasteiger partial charge in [-0.1, -0.05) is 24.9 Å². The summed E-state index contributed by atoms with van der Waals surface area (Å²) in [6.07, 6.45) is 3.08. The molecule has 0 fully saturated rings. The number of hydrogen-bond donors (Lipinski definition) is 1. The number of halogens is 1. The molecule has 0 radical (unpaired) electrons. The first-order chi connectivity index (χ1) is 7.70. The van der Waals surface area contributed by atoms with Crippen molar-refractivity contribution in [2.45, 2.75) is 38.7 Å². The van der Waals surface area contributed by atoms with Crippen molar-refractivity contribution in [3.63, 3.8) is 0 Å². The van der Waals surface area contributed by atoms with Gasteiger partial charge in [0.2, 0.25) is 0 Å². The summed E-state index contributed by atoms with van der Waals surface area (Å²) in [5, 5.41) is 10.6. The van der Waals surface area contributed by atoms with E-state index >= 15 is 0 Å². The molecule has 88 valence electrons. The minimum atomic E-state index is -0.295. The number of ether oxygens (including phenoxy) is 1. The number of aliphatic hydroxyl groups excluding tert-OH is 1. The molecule has 1 N–H and O–H groups in total. The molecule has 0 aliphatic carbocycles. The van der Waals surface area contributed by atoms with Gasteiger partial charge in [0.15, 0.2) is 0 Å². The fraction of sp³-hybridized carbons (Fsp3) is 0.538. The molecule has 1 aliphatic heterocycles. The first-order valence-corrected chi connectivity index (χ1v) is 6.20. The summed E-state index contributed by atoms with van der Waals surface area (Å²) >= 11 is 6.05. The summed E-state index contributed by atoms with van der Waals surface area (Å²) in [4.78, 5) is 0. The van der Waals surface area contributed by atoms with Crippen LogP contribution in [-0.2, 0) is 12.8 Å². The van der Waals surface area contributed by atoms with Gasteiger partial charge in [0, 0.05) is 17.9 Å². The molecule has 0 aromatic heterocycles. The fourth-order valence-corrected chi connectivity index (χ4v) is 2.45. The van der Waals surface area contributed by atoms with Crippen LogP contribution >= 0.6 is 11.6 Å². The van der Waals surface area contributed by atoms with Crippen molar-refractivity contribution >= 4 is 11.6 Å². The van der Waals surface area contributed by atoms with Gasteiger partial charge in [-0.2, -0.15) is 0 Å². The molecule has 0 spiro atoms. The Hall–Kier alpha value is -0.730. The zero-order chi connectivity index (χ0) is 11.5. The van der Waals surface area contributed by atoms with Gasteiger partial charge < -0.3 is 9.84 Å². The SMILES string of the molecule is CCCC(O)Cc1cc(Cl)cc2c1OCC2. The molecule has 0 amide bonds. The van der Waals surface area contributed by atoms with Gasteiger partial charge in [0.05, 0.1) is 12.7 Å². The van der Waals surface area contributed by atoms with Crippen LogP contribution in [0.5, 0.6) is 5.75 Å². The summed E-state index contributed by atoms with van der Waals surface area (Å²) in [5.41, 5.74) is 2.21. The second-order valence-corrected chi connectivity index (χ2v) is 4.73. The van der Waals surface area contributed by atoms with Crippen LogP contribution in [0.3, 0.4) is 0 Å². The molecule has 1 aromatic rings. The van der Waals surface area contributed by atoms with E-state index in [9.17, 15) is 5.11 Å². The third-order valence-corrected chi connectivity index (χ3v) is 3.12. The number of hydrogen-bond acceptors (Lipinski definition) is 2. The van der Waals surface area contributed by atoms with E-state index in [0.717, 1.165) is 42.2 Å². The fourth-order valence-electron chi connectivity index (χ4n) is 2.19. The van der Waals surface area contributed by atoms with Crippen molar-refractivity contribution in [2.75, 3.05) is 6.61 Å². The average Bonchev–Trinajstić information content (AvgIpc) is 2.65. The Bertz CT molecular complexity index is 376. The van der Waals surface area contributed by atoms with Crippen molar-refractivity contribution in [2.24, 2.45) is 0 Å². The monoisotopic (exact) mass is 240 g/mol. The Labute approximate surface area is 101 Å². The molecule has 2 rings (SSSR count). The van der Waals surface area contributed by atoms with Crippen LogP contribution < -0.4 is 4.74 Å². The molecule has 0 saturated heterocycles. The van der Waals surface area contributed by atoms with Gasteiger partial charge >= 0.3 is 0 Å². The molecule has 3 heteroatoms. The highest BCUT2D eigenvalue weighted by Gasteiger charge is 2.19. The molecular weight excluding hydrogens is 224 g/mol. The minimum Gasteiger partial charge on any atom is -0.493 e. The van der Waals surface area contributed by atoms with Gasteiger partial charge in [0.1, 0.15) is 5.75 Å². The zero-order valence-electron chi connectivity index (χ0n) is 9.50. The van der Waals surface area contributed by atoms with Gasteiger partial charge in [0.25, 0.3) is 0 Å². The van der Waals surface area contributed by atoms with Crippen LogP contribution in [-0.4, -0.2) is 17.8 Å². The zero-order valence-corrected chi connectivity index (χ0v) is 10.3. The van der Waals surface area contributed by atoms with Crippen LogP contribution in [0.4, 0.5) is 0 Å². The highest BCUT2D eigenvalue weighted by atomic mass is 35.5. The largest absolute Gasteiger partial charge is 0.493 e. The van der Waals surface area contributed by atoms with Crippen molar-refractivity contribution in [3.8, 4) is 5.75 Å². The lowest BCUT2D eigenvalue weighted by Crippen LogP contribution is -2.10. The van der Waals surface area contributed by atoms with Gasteiger partial charge in [-0.15, -0.1) is 0 Å². The number of fused-ring (bicyclic) bond motifs is 1. The van der Waals surface area contributed by atoms with Gasteiger partial charge in [-0.05, 0) is 29.7 Å². The normalized spacial score (nSPS) is 15.7. The number of benzene rings is 1. The molecule has 1 aliphatic rings. The predicted octanol–water partition coefficient (Wildman–Crippen LogP) is 2.98. The first kappa shape index (κ1) is 11.7. The summed E-state index contributed by atoms with van der Waals surface area (Å²) in [6, 6.07) is 3.87. The van der Waals surface area contributed by atoms with Crippen LogP contribution in [0.25, 0.3) is 0 Å². The quantitative estimate of drug-likeness (QED) is 0.877. The average molecular weight is 241 g/mol. The van der Waals surface area contributed by atoms with E-state index in [0.29, 0.717) is 6.42 Å². The first-order valence-electron chi connectivity index (χ1n) is 5.83. The predicted molar refractivity (Wildman–Crippen MR) is 65.3 cm³/mol. The van der Waals surface area contributed by atoms with Crippen molar-refractivity contribution < 1.29 is 9.84 Å². The van der Waals surface area contributed by atoms with E-state index in [2.05, 4.69) is 6.92 Å². The summed E-state index contributed by atoms with van der Waals surface area (Å²) in [6.45, 7) is 2.80. The minimum absolute atomic E-state index is 0.295. The van der Waals surface area contributed by atoms with Crippen LogP contribution in [0, 0.1) is 0 Å². The maximum atomic E-state index is 9.83. The van der Waals surface area contributed by atoms with Gasteiger partial charge in [-0.25, -0.2) is 0 Å². The molecule has 1 unspecified atom stereocenters. The van der Waals surface area contributed by atoms with E-state index in [-0.39, 0.29) is 6.10 Å². The summed E-state index contributed by atoms with van der Waals surface area (Å²) in [5.74, 6) is 0.944. The molecule has 16 heavy (non-hydrogen) atoms. The lowest BCUT2D eigenvalue weighted by Gasteiger charge is -2.13. The molecule has 1 atom stereocenters. The lowest BCUT2D eigenvalue weighted by molar-refractivity contribution is 0.162. The summed E-state index contributed by atoms with van der Waals surface area (Å²) in [7, 11) is 0. The summed E-state index contributed by atoms with van der Waals surface area (Å²) < 4.78 is 5.59. The Balaban J connectivity index is 2.20. The Morgan fingerprint density at radius 3 is 3.06 bits per heavy atom. The van der Waals surface area contributed by atoms with Crippen LogP contribution in [0.15, 0.2) is 12.1 Å². The third-order valence-electron chi connectivity index (χ3n) is 2.90. The maximum absolute atomic E-state index is 9.83. The second kappa shape index (κ2) is 5.07. The maximum Gasteiger partial charge on any atom is 0.126 e. The Morgan fingerprint density at radius 2 is 2.31 bits per heavy atom. The molecule has 1 heterocycles. The number of rotatable bonds is 4.